The van der Waals surface area contributed by atoms with Crippen molar-refractivity contribution in [3.05, 3.63) is 42.5 Å². The molecule has 1 spiro atoms. The van der Waals surface area contributed by atoms with Gasteiger partial charge in [0.2, 0.25) is 0 Å². The molecule has 2 aromatic rings. The molecule has 2 amide bonds. The molecule has 5 heteroatoms. The zero-order valence-corrected chi connectivity index (χ0v) is 14.4. The molecule has 2 heterocycles. The Hall–Kier alpha value is -2.27. The number of urea groups is 1. The van der Waals surface area contributed by atoms with Gasteiger partial charge in [-0.1, -0.05) is 36.4 Å². The number of carbonyl (C=O) groups excluding carboxylic acids is 1. The van der Waals surface area contributed by atoms with E-state index in [1.54, 1.807) is 0 Å². The van der Waals surface area contributed by atoms with Crippen LogP contribution in [0, 0.1) is 5.41 Å². The summed E-state index contributed by atoms with van der Waals surface area (Å²) in [5.41, 5.74) is 0.205. The number of hydrogen-bond acceptors (Lipinski definition) is 3. The third kappa shape index (κ3) is 3.42. The lowest BCUT2D eigenvalue weighted by atomic mass is 9.87. The van der Waals surface area contributed by atoms with Crippen molar-refractivity contribution in [2.24, 2.45) is 5.41 Å². The first-order chi connectivity index (χ1) is 12.3. The number of rotatable bonds is 4. The molecule has 0 unspecified atom stereocenters. The van der Waals surface area contributed by atoms with Crippen molar-refractivity contribution in [2.75, 3.05) is 39.5 Å². The van der Waals surface area contributed by atoms with Crippen LogP contribution in [0.15, 0.2) is 42.5 Å². The quantitative estimate of drug-likeness (QED) is 0.871. The summed E-state index contributed by atoms with van der Waals surface area (Å²) in [6.45, 7) is 4.21. The Balaban J connectivity index is 1.26. The van der Waals surface area contributed by atoms with Crippen molar-refractivity contribution in [1.82, 2.24) is 10.2 Å². The van der Waals surface area contributed by atoms with E-state index in [0.717, 1.165) is 55.7 Å². The summed E-state index contributed by atoms with van der Waals surface area (Å²) in [6.07, 6.45) is 2.12. The van der Waals surface area contributed by atoms with E-state index in [1.807, 2.05) is 29.2 Å². The molecular formula is C20H24N2O3. The standard InChI is InChI=1S/C20H24N2O3/c23-19(22-11-8-20(14-22)9-12-24-15-20)21-10-13-25-18-7-3-5-16-4-1-2-6-17(16)18/h1-7H,8-15H2,(H,21,23)/t20-/m1/s1. The molecule has 0 bridgehead atoms. The molecule has 0 radical (unpaired) electrons. The SMILES string of the molecule is O=C(NCCOc1cccc2ccccc12)N1CC[C@@]2(CCOC2)C1. The second-order valence-electron chi connectivity index (χ2n) is 7.03. The smallest absolute Gasteiger partial charge is 0.317 e. The van der Waals surface area contributed by atoms with Gasteiger partial charge in [0.1, 0.15) is 12.4 Å². The summed E-state index contributed by atoms with van der Waals surface area (Å²) < 4.78 is 11.4. The van der Waals surface area contributed by atoms with Crippen LogP contribution in [0.1, 0.15) is 12.8 Å². The maximum atomic E-state index is 12.3. The molecule has 4 rings (SSSR count). The lowest BCUT2D eigenvalue weighted by Crippen LogP contribution is -2.41. The molecule has 2 aliphatic heterocycles. The van der Waals surface area contributed by atoms with Gasteiger partial charge < -0.3 is 19.7 Å². The number of hydrogen-bond donors (Lipinski definition) is 1. The predicted molar refractivity (Wildman–Crippen MR) is 96.9 cm³/mol. The summed E-state index contributed by atoms with van der Waals surface area (Å²) in [5.74, 6) is 0.857. The van der Waals surface area contributed by atoms with Crippen molar-refractivity contribution in [3.8, 4) is 5.75 Å². The maximum absolute atomic E-state index is 12.3. The molecule has 1 N–H and O–H groups in total. The zero-order valence-electron chi connectivity index (χ0n) is 14.4. The average molecular weight is 340 g/mol. The van der Waals surface area contributed by atoms with E-state index in [9.17, 15) is 4.79 Å². The van der Waals surface area contributed by atoms with E-state index in [4.69, 9.17) is 9.47 Å². The molecule has 2 fully saturated rings. The highest BCUT2D eigenvalue weighted by Gasteiger charge is 2.42. The van der Waals surface area contributed by atoms with Crippen LogP contribution in [0.4, 0.5) is 4.79 Å². The van der Waals surface area contributed by atoms with E-state index in [-0.39, 0.29) is 11.4 Å². The zero-order chi connectivity index (χ0) is 17.1. The van der Waals surface area contributed by atoms with Crippen LogP contribution >= 0.6 is 0 Å². The monoisotopic (exact) mass is 340 g/mol. The summed E-state index contributed by atoms with van der Waals surface area (Å²) in [6, 6.07) is 14.2. The van der Waals surface area contributed by atoms with Crippen LogP contribution in [0.3, 0.4) is 0 Å². The number of ether oxygens (including phenoxy) is 2. The Labute approximate surface area is 147 Å². The molecular weight excluding hydrogens is 316 g/mol. The van der Waals surface area contributed by atoms with E-state index >= 15 is 0 Å². The Morgan fingerprint density at radius 2 is 2.08 bits per heavy atom. The minimum absolute atomic E-state index is 0.00490. The van der Waals surface area contributed by atoms with Crippen LogP contribution in [0.2, 0.25) is 0 Å². The Morgan fingerprint density at radius 1 is 1.20 bits per heavy atom. The lowest BCUT2D eigenvalue weighted by molar-refractivity contribution is 0.152. The molecule has 0 saturated carbocycles. The second-order valence-corrected chi connectivity index (χ2v) is 7.03. The van der Waals surface area contributed by atoms with Gasteiger partial charge in [0.25, 0.3) is 0 Å². The van der Waals surface area contributed by atoms with E-state index in [1.165, 1.54) is 0 Å². The van der Waals surface area contributed by atoms with E-state index in [2.05, 4.69) is 23.5 Å². The molecule has 0 aliphatic carbocycles. The van der Waals surface area contributed by atoms with Gasteiger partial charge in [0.05, 0.1) is 13.2 Å². The number of nitrogens with one attached hydrogen (secondary N) is 1. The minimum atomic E-state index is 0.00490. The summed E-state index contributed by atoms with van der Waals surface area (Å²) >= 11 is 0. The Kier molecular flexibility index (Phi) is 4.49. The molecule has 5 nitrogen and oxygen atoms in total. The van der Waals surface area contributed by atoms with Crippen LogP contribution in [-0.2, 0) is 4.74 Å². The molecule has 2 saturated heterocycles. The first-order valence-electron chi connectivity index (χ1n) is 8.97. The van der Waals surface area contributed by atoms with Gasteiger partial charge in [0.15, 0.2) is 0 Å². The van der Waals surface area contributed by atoms with Crippen molar-refractivity contribution < 1.29 is 14.3 Å². The third-order valence-electron chi connectivity index (χ3n) is 5.30. The average Bonchev–Trinajstić information content (AvgIpc) is 3.29. The fourth-order valence-corrected chi connectivity index (χ4v) is 3.83. The lowest BCUT2D eigenvalue weighted by Gasteiger charge is -2.22. The van der Waals surface area contributed by atoms with Gasteiger partial charge >= 0.3 is 6.03 Å². The van der Waals surface area contributed by atoms with Crippen LogP contribution in [0.5, 0.6) is 5.75 Å². The highest BCUT2D eigenvalue weighted by Crippen LogP contribution is 2.38. The molecule has 1 atom stereocenters. The molecule has 2 aliphatic rings. The fourth-order valence-electron chi connectivity index (χ4n) is 3.83. The van der Waals surface area contributed by atoms with Crippen molar-refractivity contribution in [2.45, 2.75) is 12.8 Å². The number of fused-ring (bicyclic) bond motifs is 1. The third-order valence-corrected chi connectivity index (χ3v) is 5.30. The predicted octanol–water partition coefficient (Wildman–Crippen LogP) is 3.04. The van der Waals surface area contributed by atoms with Crippen molar-refractivity contribution >= 4 is 16.8 Å². The highest BCUT2D eigenvalue weighted by molar-refractivity contribution is 5.88. The van der Waals surface area contributed by atoms with Gasteiger partial charge in [-0.25, -0.2) is 4.79 Å². The summed E-state index contributed by atoms with van der Waals surface area (Å²) in [5, 5.41) is 5.22. The van der Waals surface area contributed by atoms with E-state index in [0.29, 0.717) is 13.2 Å². The van der Waals surface area contributed by atoms with Crippen LogP contribution in [0.25, 0.3) is 10.8 Å². The van der Waals surface area contributed by atoms with E-state index < -0.39 is 0 Å². The minimum Gasteiger partial charge on any atom is -0.491 e. The number of amides is 2. The molecule has 25 heavy (non-hydrogen) atoms. The summed E-state index contributed by atoms with van der Waals surface area (Å²) in [7, 11) is 0. The highest BCUT2D eigenvalue weighted by atomic mass is 16.5. The first kappa shape index (κ1) is 16.2. The van der Waals surface area contributed by atoms with Crippen LogP contribution < -0.4 is 10.1 Å². The topological polar surface area (TPSA) is 50.8 Å². The number of likely N-dealkylation sites (tertiary alicyclic amines) is 1. The number of benzene rings is 2. The van der Waals surface area contributed by atoms with Gasteiger partial charge in [-0.15, -0.1) is 0 Å². The molecule has 132 valence electrons. The number of carbonyl (C=O) groups is 1. The Morgan fingerprint density at radius 3 is 2.96 bits per heavy atom. The van der Waals surface area contributed by atoms with Gasteiger partial charge in [-0.05, 0) is 24.3 Å². The normalized spacial score (nSPS) is 22.6. The molecule has 0 aromatic heterocycles. The van der Waals surface area contributed by atoms with Crippen molar-refractivity contribution in [3.63, 3.8) is 0 Å². The van der Waals surface area contributed by atoms with Gasteiger partial charge in [0, 0.05) is 30.5 Å². The number of nitrogens with zero attached hydrogens (tertiary/aromatic N) is 1. The van der Waals surface area contributed by atoms with Gasteiger partial charge in [-0.2, -0.15) is 0 Å². The first-order valence-corrected chi connectivity index (χ1v) is 8.97. The van der Waals surface area contributed by atoms with Gasteiger partial charge in [-0.3, -0.25) is 0 Å². The van der Waals surface area contributed by atoms with Crippen molar-refractivity contribution in [1.29, 1.82) is 0 Å². The van der Waals surface area contributed by atoms with Crippen LogP contribution in [-0.4, -0.2) is 50.4 Å². The molecule has 2 aromatic carbocycles. The second kappa shape index (κ2) is 6.92. The summed E-state index contributed by atoms with van der Waals surface area (Å²) in [4.78, 5) is 14.2. The Bertz CT molecular complexity index is 750. The maximum Gasteiger partial charge on any atom is 0.317 e. The fraction of sp³-hybridized carbons (Fsp3) is 0.450. The largest absolute Gasteiger partial charge is 0.491 e.